The number of nitrogen functional groups attached to an aromatic ring is 1. The molecule has 3 N–H and O–H groups in total. The van der Waals surface area contributed by atoms with E-state index < -0.39 is 15.8 Å². The van der Waals surface area contributed by atoms with Crippen molar-refractivity contribution in [3.8, 4) is 5.75 Å². The second kappa shape index (κ2) is 5.71. The van der Waals surface area contributed by atoms with Gasteiger partial charge in [-0.05, 0) is 24.3 Å². The number of rotatable bonds is 4. The van der Waals surface area contributed by atoms with Crippen molar-refractivity contribution >= 4 is 15.7 Å². The highest BCUT2D eigenvalue weighted by atomic mass is 32.2. The first-order valence-electron chi connectivity index (χ1n) is 6.10. The molecule has 2 aromatic rings. The Balaban J connectivity index is 2.35. The van der Waals surface area contributed by atoms with E-state index in [1.54, 1.807) is 18.2 Å². The fourth-order valence-corrected chi connectivity index (χ4v) is 3.14. The van der Waals surface area contributed by atoms with E-state index >= 15 is 0 Å². The molecule has 5 nitrogen and oxygen atoms in total. The van der Waals surface area contributed by atoms with Gasteiger partial charge in [-0.15, -0.1) is 0 Å². The van der Waals surface area contributed by atoms with Crippen LogP contribution in [0.1, 0.15) is 5.56 Å². The summed E-state index contributed by atoms with van der Waals surface area (Å²) in [6.45, 7) is -0.0506. The zero-order valence-electron chi connectivity index (χ0n) is 11.3. The molecule has 2 aromatic carbocycles. The SMILES string of the molecule is CN(Cc1ccccc1O)S(=O)(=O)c1cc(F)ccc1N. The van der Waals surface area contributed by atoms with Gasteiger partial charge in [-0.1, -0.05) is 18.2 Å². The molecule has 2 rings (SSSR count). The lowest BCUT2D eigenvalue weighted by Gasteiger charge is -2.19. The van der Waals surface area contributed by atoms with Crippen molar-refractivity contribution in [1.29, 1.82) is 0 Å². The second-order valence-corrected chi connectivity index (χ2v) is 6.59. The van der Waals surface area contributed by atoms with Gasteiger partial charge >= 0.3 is 0 Å². The van der Waals surface area contributed by atoms with Crippen LogP contribution in [0.3, 0.4) is 0 Å². The molecule has 0 heterocycles. The summed E-state index contributed by atoms with van der Waals surface area (Å²) in [6, 6.07) is 9.58. The van der Waals surface area contributed by atoms with E-state index in [9.17, 15) is 17.9 Å². The van der Waals surface area contributed by atoms with Crippen LogP contribution in [-0.4, -0.2) is 24.9 Å². The predicted molar refractivity (Wildman–Crippen MR) is 77.6 cm³/mol. The van der Waals surface area contributed by atoms with Crippen LogP contribution in [0, 0.1) is 5.82 Å². The molecule has 0 unspecified atom stereocenters. The van der Waals surface area contributed by atoms with Crippen LogP contribution in [0.5, 0.6) is 5.75 Å². The molecule has 0 saturated heterocycles. The molecular formula is C14H15FN2O3S. The van der Waals surface area contributed by atoms with E-state index in [2.05, 4.69) is 0 Å². The molecule has 0 fully saturated rings. The fourth-order valence-electron chi connectivity index (χ4n) is 1.87. The molecule has 21 heavy (non-hydrogen) atoms. The molecule has 0 amide bonds. The monoisotopic (exact) mass is 310 g/mol. The number of nitrogens with zero attached hydrogens (tertiary/aromatic N) is 1. The molecule has 0 bridgehead atoms. The number of halogens is 1. The molecule has 7 heteroatoms. The first-order valence-corrected chi connectivity index (χ1v) is 7.54. The molecule has 0 radical (unpaired) electrons. The third-order valence-corrected chi connectivity index (χ3v) is 4.91. The Labute approximate surface area is 122 Å². The molecule has 0 saturated carbocycles. The van der Waals surface area contributed by atoms with E-state index in [0.717, 1.165) is 16.4 Å². The summed E-state index contributed by atoms with van der Waals surface area (Å²) in [4.78, 5) is -0.291. The fraction of sp³-hybridized carbons (Fsp3) is 0.143. The quantitative estimate of drug-likeness (QED) is 0.845. The van der Waals surface area contributed by atoms with Gasteiger partial charge in [0.25, 0.3) is 0 Å². The lowest BCUT2D eigenvalue weighted by atomic mass is 10.2. The average Bonchev–Trinajstić information content (AvgIpc) is 2.43. The molecule has 0 aliphatic heterocycles. The number of hydrogen-bond acceptors (Lipinski definition) is 4. The van der Waals surface area contributed by atoms with Gasteiger partial charge in [0.1, 0.15) is 16.5 Å². The Morgan fingerprint density at radius 3 is 2.57 bits per heavy atom. The summed E-state index contributed by atoms with van der Waals surface area (Å²) >= 11 is 0. The van der Waals surface area contributed by atoms with E-state index in [1.165, 1.54) is 19.2 Å². The molecule has 0 aromatic heterocycles. The molecule has 0 aliphatic carbocycles. The lowest BCUT2D eigenvalue weighted by molar-refractivity contribution is 0.435. The number of nitrogens with two attached hydrogens (primary N) is 1. The van der Waals surface area contributed by atoms with Gasteiger partial charge in [-0.25, -0.2) is 12.8 Å². The Kier molecular flexibility index (Phi) is 4.15. The van der Waals surface area contributed by atoms with Gasteiger partial charge < -0.3 is 10.8 Å². The summed E-state index contributed by atoms with van der Waals surface area (Å²) in [6.07, 6.45) is 0. The summed E-state index contributed by atoms with van der Waals surface area (Å²) in [5, 5.41) is 9.69. The first-order chi connectivity index (χ1) is 9.82. The molecule has 112 valence electrons. The number of aromatic hydroxyl groups is 1. The first kappa shape index (κ1) is 15.3. The Bertz CT molecular complexity index is 763. The van der Waals surface area contributed by atoms with E-state index in [0.29, 0.717) is 5.56 Å². The molecule has 0 spiro atoms. The number of hydrogen-bond donors (Lipinski definition) is 2. The highest BCUT2D eigenvalue weighted by Crippen LogP contribution is 2.25. The molecule has 0 atom stereocenters. The number of sulfonamides is 1. The number of phenolic OH excluding ortho intramolecular Hbond substituents is 1. The summed E-state index contributed by atoms with van der Waals surface area (Å²) in [5.41, 5.74) is 6.03. The van der Waals surface area contributed by atoms with Gasteiger partial charge in [0.2, 0.25) is 10.0 Å². The van der Waals surface area contributed by atoms with Crippen LogP contribution in [-0.2, 0) is 16.6 Å². The third-order valence-electron chi connectivity index (χ3n) is 3.05. The summed E-state index contributed by atoms with van der Waals surface area (Å²) in [5.74, 6) is -0.689. The van der Waals surface area contributed by atoms with Gasteiger partial charge in [0.15, 0.2) is 0 Å². The number of benzene rings is 2. The minimum absolute atomic E-state index is 0.00763. The minimum atomic E-state index is -3.95. The van der Waals surface area contributed by atoms with Crippen LogP contribution >= 0.6 is 0 Å². The minimum Gasteiger partial charge on any atom is -0.508 e. The van der Waals surface area contributed by atoms with E-state index in [4.69, 9.17) is 5.73 Å². The third kappa shape index (κ3) is 3.14. The smallest absolute Gasteiger partial charge is 0.245 e. The van der Waals surface area contributed by atoms with Crippen molar-refractivity contribution in [3.63, 3.8) is 0 Å². The Morgan fingerprint density at radius 1 is 1.24 bits per heavy atom. The Morgan fingerprint density at radius 2 is 1.90 bits per heavy atom. The van der Waals surface area contributed by atoms with Crippen LogP contribution < -0.4 is 5.73 Å². The largest absolute Gasteiger partial charge is 0.508 e. The van der Waals surface area contributed by atoms with Crippen LogP contribution in [0.15, 0.2) is 47.4 Å². The van der Waals surface area contributed by atoms with Gasteiger partial charge in [-0.2, -0.15) is 4.31 Å². The lowest BCUT2D eigenvalue weighted by Crippen LogP contribution is -2.27. The van der Waals surface area contributed by atoms with Crippen molar-refractivity contribution in [2.24, 2.45) is 0 Å². The van der Waals surface area contributed by atoms with Crippen LogP contribution in [0.4, 0.5) is 10.1 Å². The van der Waals surface area contributed by atoms with E-state index in [-0.39, 0.29) is 22.9 Å². The maximum Gasteiger partial charge on any atom is 0.245 e. The van der Waals surface area contributed by atoms with Crippen molar-refractivity contribution in [2.45, 2.75) is 11.4 Å². The average molecular weight is 310 g/mol. The molecular weight excluding hydrogens is 295 g/mol. The van der Waals surface area contributed by atoms with Crippen molar-refractivity contribution in [1.82, 2.24) is 4.31 Å². The van der Waals surface area contributed by atoms with Gasteiger partial charge in [-0.3, -0.25) is 0 Å². The topological polar surface area (TPSA) is 83.6 Å². The summed E-state index contributed by atoms with van der Waals surface area (Å²) in [7, 11) is -2.61. The standard InChI is InChI=1S/C14H15FN2O3S/c1-17(9-10-4-2-3-5-13(10)18)21(19,20)14-8-11(15)6-7-12(14)16/h2-8,18H,9,16H2,1H3. The number of phenols is 1. The predicted octanol–water partition coefficient (Wildman–Crippen LogP) is 1.93. The zero-order chi connectivity index (χ0) is 15.6. The van der Waals surface area contributed by atoms with Crippen molar-refractivity contribution in [3.05, 3.63) is 53.8 Å². The molecule has 0 aliphatic rings. The Hall–Kier alpha value is -2.12. The highest BCUT2D eigenvalue weighted by Gasteiger charge is 2.24. The van der Waals surface area contributed by atoms with Crippen LogP contribution in [0.2, 0.25) is 0 Å². The number of para-hydroxylation sites is 1. The van der Waals surface area contributed by atoms with Gasteiger partial charge in [0, 0.05) is 19.2 Å². The summed E-state index contributed by atoms with van der Waals surface area (Å²) < 4.78 is 39.1. The maximum atomic E-state index is 13.3. The maximum absolute atomic E-state index is 13.3. The van der Waals surface area contributed by atoms with Crippen molar-refractivity contribution in [2.75, 3.05) is 12.8 Å². The van der Waals surface area contributed by atoms with Gasteiger partial charge in [0.05, 0.1) is 5.69 Å². The second-order valence-electron chi connectivity index (χ2n) is 4.57. The van der Waals surface area contributed by atoms with Crippen molar-refractivity contribution < 1.29 is 17.9 Å². The number of anilines is 1. The highest BCUT2D eigenvalue weighted by molar-refractivity contribution is 7.89. The normalized spacial score (nSPS) is 11.8. The zero-order valence-corrected chi connectivity index (χ0v) is 12.1. The van der Waals surface area contributed by atoms with E-state index in [1.807, 2.05) is 0 Å². The van der Waals surface area contributed by atoms with Crippen LogP contribution in [0.25, 0.3) is 0 Å².